The summed E-state index contributed by atoms with van der Waals surface area (Å²) in [5, 5.41) is 2.78. The highest BCUT2D eigenvalue weighted by Gasteiger charge is 2.34. The Morgan fingerprint density at radius 1 is 0.791 bits per heavy atom. The van der Waals surface area contributed by atoms with Crippen LogP contribution in [-0.4, -0.2) is 44.3 Å². The van der Waals surface area contributed by atoms with Crippen LogP contribution in [0.2, 0.25) is 0 Å². The Morgan fingerprint density at radius 2 is 1.37 bits per heavy atom. The van der Waals surface area contributed by atoms with Gasteiger partial charge in [0.2, 0.25) is 11.8 Å². The van der Waals surface area contributed by atoms with E-state index in [-0.39, 0.29) is 23.5 Å². The van der Waals surface area contributed by atoms with Gasteiger partial charge in [0.25, 0.3) is 10.0 Å². The summed E-state index contributed by atoms with van der Waals surface area (Å²) in [6, 6.07) is 24.6. The zero-order chi connectivity index (χ0) is 31.0. The van der Waals surface area contributed by atoms with Crippen molar-refractivity contribution in [1.29, 1.82) is 0 Å². The van der Waals surface area contributed by atoms with E-state index in [1.54, 1.807) is 19.1 Å². The number of rotatable bonds is 12. The molecule has 7 nitrogen and oxygen atoms in total. The smallest absolute Gasteiger partial charge is 0.264 e. The third-order valence-electron chi connectivity index (χ3n) is 6.89. The number of amides is 2. The zero-order valence-corrected chi connectivity index (χ0v) is 24.7. The molecule has 1 N–H and O–H groups in total. The van der Waals surface area contributed by atoms with Crippen LogP contribution in [0.4, 0.5) is 14.5 Å². The first-order valence-electron chi connectivity index (χ1n) is 13.8. The molecular formula is C33H33F2N3O4S. The fraction of sp³-hybridized carbons (Fsp3) is 0.212. The van der Waals surface area contributed by atoms with Crippen LogP contribution >= 0.6 is 0 Å². The summed E-state index contributed by atoms with van der Waals surface area (Å²) in [4.78, 5) is 28.9. The Hall–Kier alpha value is -4.57. The van der Waals surface area contributed by atoms with E-state index in [0.29, 0.717) is 12.1 Å². The molecule has 0 bridgehead atoms. The second-order valence-corrected chi connectivity index (χ2v) is 11.9. The minimum absolute atomic E-state index is 0.0510. The van der Waals surface area contributed by atoms with Crippen molar-refractivity contribution in [3.63, 3.8) is 0 Å². The molecule has 4 aromatic carbocycles. The molecule has 0 saturated heterocycles. The number of likely N-dealkylation sites (N-methyl/N-ethyl adjacent to an activating group) is 1. The Kier molecular flexibility index (Phi) is 10.3. The lowest BCUT2D eigenvalue weighted by molar-refractivity contribution is -0.140. The van der Waals surface area contributed by atoms with Gasteiger partial charge in [0.1, 0.15) is 24.2 Å². The van der Waals surface area contributed by atoms with Crippen molar-refractivity contribution in [2.45, 2.75) is 37.8 Å². The van der Waals surface area contributed by atoms with Crippen molar-refractivity contribution in [2.75, 3.05) is 17.4 Å². The molecule has 4 rings (SSSR count). The third-order valence-corrected chi connectivity index (χ3v) is 8.68. The number of anilines is 1. The van der Waals surface area contributed by atoms with Gasteiger partial charge in [-0.2, -0.15) is 0 Å². The number of hydrogen-bond acceptors (Lipinski definition) is 4. The minimum atomic E-state index is -4.29. The van der Waals surface area contributed by atoms with Gasteiger partial charge in [-0.25, -0.2) is 17.2 Å². The summed E-state index contributed by atoms with van der Waals surface area (Å²) in [6.07, 6.45) is 0.154. The van der Waals surface area contributed by atoms with Crippen molar-refractivity contribution >= 4 is 27.5 Å². The van der Waals surface area contributed by atoms with Crippen LogP contribution in [0.3, 0.4) is 0 Å². The molecule has 0 saturated carbocycles. The van der Waals surface area contributed by atoms with E-state index in [9.17, 15) is 26.8 Å². The molecule has 0 aliphatic carbocycles. The van der Waals surface area contributed by atoms with Gasteiger partial charge in [-0.05, 0) is 73.5 Å². The molecule has 0 spiro atoms. The lowest BCUT2D eigenvalue weighted by Gasteiger charge is -2.33. The average Bonchev–Trinajstić information content (AvgIpc) is 3.00. The molecule has 0 aliphatic rings. The van der Waals surface area contributed by atoms with Crippen molar-refractivity contribution < 1.29 is 26.8 Å². The molecule has 0 heterocycles. The summed E-state index contributed by atoms with van der Waals surface area (Å²) in [5.74, 6) is -2.12. The van der Waals surface area contributed by atoms with E-state index in [2.05, 4.69) is 5.32 Å². The quantitative estimate of drug-likeness (QED) is 0.239. The Balaban J connectivity index is 1.78. The largest absolute Gasteiger partial charge is 0.355 e. The Morgan fingerprint density at radius 3 is 1.95 bits per heavy atom. The number of nitrogens with zero attached hydrogens (tertiary/aromatic N) is 2. The van der Waals surface area contributed by atoms with E-state index in [0.717, 1.165) is 27.6 Å². The maximum Gasteiger partial charge on any atom is 0.264 e. The molecule has 0 fully saturated rings. The fourth-order valence-electron chi connectivity index (χ4n) is 4.61. The van der Waals surface area contributed by atoms with Crippen molar-refractivity contribution in [3.8, 4) is 0 Å². The summed E-state index contributed by atoms with van der Waals surface area (Å²) in [6.45, 7) is 3.13. The topological polar surface area (TPSA) is 86.8 Å². The number of carbonyl (C=O) groups is 2. The highest BCUT2D eigenvalue weighted by molar-refractivity contribution is 7.92. The molecule has 0 unspecified atom stereocenters. The predicted octanol–water partition coefficient (Wildman–Crippen LogP) is 5.24. The van der Waals surface area contributed by atoms with Gasteiger partial charge < -0.3 is 10.2 Å². The third kappa shape index (κ3) is 8.04. The monoisotopic (exact) mass is 605 g/mol. The van der Waals surface area contributed by atoms with Crippen molar-refractivity contribution in [3.05, 3.63) is 131 Å². The standard InChI is InChI=1S/C33H33F2N3O4S/c1-3-36-33(40)31(21-25-7-5-4-6-8-25)37(22-26-11-13-27(34)14-12-26)32(39)23-38(29-17-15-28(35)16-18-29)43(41,42)30-19-9-24(2)10-20-30/h4-20,31H,3,21-23H2,1-2H3,(H,36,40)/t31-/m0/s1. The minimum Gasteiger partial charge on any atom is -0.355 e. The number of sulfonamides is 1. The van der Waals surface area contributed by atoms with Gasteiger partial charge in [0.05, 0.1) is 10.6 Å². The fourth-order valence-corrected chi connectivity index (χ4v) is 6.02. The second kappa shape index (κ2) is 14.1. The second-order valence-electron chi connectivity index (χ2n) is 10.0. The van der Waals surface area contributed by atoms with Crippen LogP contribution in [0, 0.1) is 18.6 Å². The van der Waals surface area contributed by atoms with Crippen LogP contribution in [0.25, 0.3) is 0 Å². The first kappa shape index (κ1) is 31.4. The summed E-state index contributed by atoms with van der Waals surface area (Å²) in [7, 11) is -4.29. The molecule has 0 aromatic heterocycles. The van der Waals surface area contributed by atoms with Gasteiger partial charge >= 0.3 is 0 Å². The summed E-state index contributed by atoms with van der Waals surface area (Å²) in [5.41, 5.74) is 2.26. The summed E-state index contributed by atoms with van der Waals surface area (Å²) >= 11 is 0. The van der Waals surface area contributed by atoms with E-state index >= 15 is 0 Å². The maximum atomic E-state index is 14.2. The lowest BCUT2D eigenvalue weighted by atomic mass is 10.0. The number of aryl methyl sites for hydroxylation is 1. The Labute approximate surface area is 250 Å². The molecule has 224 valence electrons. The van der Waals surface area contributed by atoms with E-state index < -0.39 is 46.1 Å². The molecule has 0 radical (unpaired) electrons. The maximum absolute atomic E-state index is 14.2. The number of halogens is 2. The molecule has 1 atom stereocenters. The number of benzene rings is 4. The van der Waals surface area contributed by atoms with Gasteiger partial charge in [0.15, 0.2) is 0 Å². The van der Waals surface area contributed by atoms with Gasteiger partial charge in [0, 0.05) is 19.5 Å². The van der Waals surface area contributed by atoms with Crippen LogP contribution in [-0.2, 0) is 32.6 Å². The molecule has 10 heteroatoms. The number of carbonyl (C=O) groups excluding carboxylic acids is 2. The van der Waals surface area contributed by atoms with Gasteiger partial charge in [-0.15, -0.1) is 0 Å². The normalized spacial score (nSPS) is 11.9. The van der Waals surface area contributed by atoms with Gasteiger partial charge in [-0.3, -0.25) is 13.9 Å². The lowest BCUT2D eigenvalue weighted by Crippen LogP contribution is -2.53. The average molecular weight is 606 g/mol. The number of hydrogen-bond donors (Lipinski definition) is 1. The highest BCUT2D eigenvalue weighted by Crippen LogP contribution is 2.26. The molecule has 4 aromatic rings. The van der Waals surface area contributed by atoms with E-state index in [1.165, 1.54) is 53.4 Å². The molecular weight excluding hydrogens is 572 g/mol. The van der Waals surface area contributed by atoms with E-state index in [1.807, 2.05) is 37.3 Å². The SMILES string of the molecule is CCNC(=O)[C@H](Cc1ccccc1)N(Cc1ccc(F)cc1)C(=O)CN(c1ccc(F)cc1)S(=O)(=O)c1ccc(C)cc1. The zero-order valence-electron chi connectivity index (χ0n) is 23.9. The molecule has 43 heavy (non-hydrogen) atoms. The Bertz CT molecular complexity index is 1630. The van der Waals surface area contributed by atoms with Crippen LogP contribution < -0.4 is 9.62 Å². The predicted molar refractivity (Wildman–Crippen MR) is 162 cm³/mol. The van der Waals surface area contributed by atoms with Crippen molar-refractivity contribution in [1.82, 2.24) is 10.2 Å². The van der Waals surface area contributed by atoms with Crippen LogP contribution in [0.5, 0.6) is 0 Å². The first-order valence-corrected chi connectivity index (χ1v) is 15.2. The van der Waals surface area contributed by atoms with Crippen LogP contribution in [0.1, 0.15) is 23.6 Å². The summed E-state index contributed by atoms with van der Waals surface area (Å²) < 4.78 is 56.3. The highest BCUT2D eigenvalue weighted by atomic mass is 32.2. The first-order chi connectivity index (χ1) is 20.6. The van der Waals surface area contributed by atoms with E-state index in [4.69, 9.17) is 0 Å². The van der Waals surface area contributed by atoms with Crippen molar-refractivity contribution in [2.24, 2.45) is 0 Å². The number of nitrogens with one attached hydrogen (secondary N) is 1. The molecule has 0 aliphatic heterocycles. The van der Waals surface area contributed by atoms with Gasteiger partial charge in [-0.1, -0.05) is 60.2 Å². The molecule has 2 amide bonds. The van der Waals surface area contributed by atoms with Crippen LogP contribution in [0.15, 0.2) is 108 Å².